The van der Waals surface area contributed by atoms with Gasteiger partial charge in [0.05, 0.1) is 6.26 Å². The van der Waals surface area contributed by atoms with E-state index in [0.29, 0.717) is 6.42 Å². The predicted molar refractivity (Wildman–Crippen MR) is 71.0 cm³/mol. The van der Waals surface area contributed by atoms with E-state index in [4.69, 9.17) is 5.11 Å². The Hall–Kier alpha value is -1.41. The maximum Gasteiger partial charge on any atom is 0.328 e. The summed E-state index contributed by atoms with van der Waals surface area (Å²) < 4.78 is 24.6. The van der Waals surface area contributed by atoms with Crippen LogP contribution in [-0.2, 0) is 19.6 Å². The lowest BCUT2D eigenvalue weighted by Crippen LogP contribution is -2.47. The van der Waals surface area contributed by atoms with Crippen LogP contribution in [-0.4, -0.2) is 44.2 Å². The van der Waals surface area contributed by atoms with Gasteiger partial charge in [0, 0.05) is 12.6 Å². The second kappa shape index (κ2) is 7.90. The number of hydrogen-bond acceptors (Lipinski definition) is 4. The molecule has 110 valence electrons. The van der Waals surface area contributed by atoms with E-state index in [1.165, 1.54) is 6.08 Å². The third kappa shape index (κ3) is 10.2. The van der Waals surface area contributed by atoms with Crippen LogP contribution in [0, 0.1) is 5.92 Å². The maximum absolute atomic E-state index is 11.8. The Morgan fingerprint density at radius 2 is 1.89 bits per heavy atom. The number of carboxylic acids is 1. The molecule has 0 saturated carbocycles. The second-order valence-electron chi connectivity index (χ2n) is 4.56. The Morgan fingerprint density at radius 3 is 2.32 bits per heavy atom. The molecule has 1 unspecified atom stereocenters. The molecular formula is C11H20N2O5S. The summed E-state index contributed by atoms with van der Waals surface area (Å²) in [5.41, 5.74) is 0. The van der Waals surface area contributed by atoms with Gasteiger partial charge in [-0.25, -0.2) is 17.9 Å². The molecule has 0 spiro atoms. The first-order valence-electron chi connectivity index (χ1n) is 5.76. The van der Waals surface area contributed by atoms with Gasteiger partial charge in [0.15, 0.2) is 0 Å². The van der Waals surface area contributed by atoms with Crippen molar-refractivity contribution in [2.24, 2.45) is 5.92 Å². The van der Waals surface area contributed by atoms with E-state index < -0.39 is 27.9 Å². The zero-order valence-electron chi connectivity index (χ0n) is 11.2. The number of sulfonamides is 1. The van der Waals surface area contributed by atoms with Crippen LogP contribution in [0.4, 0.5) is 0 Å². The molecule has 0 aromatic heterocycles. The van der Waals surface area contributed by atoms with Gasteiger partial charge in [-0.2, -0.15) is 0 Å². The number of aliphatic carboxylic acids is 1. The summed E-state index contributed by atoms with van der Waals surface area (Å²) in [5.74, 6) is -1.45. The van der Waals surface area contributed by atoms with Gasteiger partial charge in [-0.05, 0) is 12.3 Å². The molecule has 0 saturated heterocycles. The minimum atomic E-state index is -3.48. The Kier molecular flexibility index (Phi) is 7.32. The molecule has 0 bridgehead atoms. The Bertz CT molecular complexity index is 442. The molecule has 7 nitrogen and oxygen atoms in total. The molecule has 0 radical (unpaired) electrons. The molecular weight excluding hydrogens is 272 g/mol. The van der Waals surface area contributed by atoms with Gasteiger partial charge in [0.25, 0.3) is 0 Å². The standard InChI is InChI=1S/C11H20N2O5S/c1-8(2)7-9(13-19(3,17)18)11(16)12-6-4-5-10(14)15/h4-5,8-9,13H,6-7H2,1-3H3,(H,12,16)(H,14,15)/b5-4+. The van der Waals surface area contributed by atoms with E-state index in [1.807, 2.05) is 13.8 Å². The monoisotopic (exact) mass is 292 g/mol. The number of carboxylic acid groups (broad SMARTS) is 1. The zero-order valence-corrected chi connectivity index (χ0v) is 12.0. The van der Waals surface area contributed by atoms with Gasteiger partial charge in [-0.15, -0.1) is 0 Å². The summed E-state index contributed by atoms with van der Waals surface area (Å²) >= 11 is 0. The fourth-order valence-electron chi connectivity index (χ4n) is 1.38. The summed E-state index contributed by atoms with van der Waals surface area (Å²) in [6.45, 7) is 3.77. The lowest BCUT2D eigenvalue weighted by molar-refractivity contribution is -0.131. The average molecular weight is 292 g/mol. The van der Waals surface area contributed by atoms with E-state index in [2.05, 4.69) is 10.0 Å². The van der Waals surface area contributed by atoms with Crippen molar-refractivity contribution in [1.29, 1.82) is 0 Å². The third-order valence-electron chi connectivity index (χ3n) is 2.03. The zero-order chi connectivity index (χ0) is 15.1. The summed E-state index contributed by atoms with van der Waals surface area (Å²) in [6, 6.07) is -0.853. The number of nitrogens with one attached hydrogen (secondary N) is 2. The van der Waals surface area contributed by atoms with Crippen molar-refractivity contribution in [3.63, 3.8) is 0 Å². The molecule has 0 aromatic rings. The normalized spacial score (nSPS) is 13.7. The van der Waals surface area contributed by atoms with E-state index in [9.17, 15) is 18.0 Å². The molecule has 0 aliphatic heterocycles. The Balaban J connectivity index is 4.50. The molecule has 0 aliphatic carbocycles. The van der Waals surface area contributed by atoms with Gasteiger partial charge in [0.2, 0.25) is 15.9 Å². The van der Waals surface area contributed by atoms with Crippen LogP contribution >= 0.6 is 0 Å². The van der Waals surface area contributed by atoms with Crippen LogP contribution in [0.25, 0.3) is 0 Å². The molecule has 1 amide bonds. The van der Waals surface area contributed by atoms with E-state index in [0.717, 1.165) is 12.3 Å². The van der Waals surface area contributed by atoms with Crippen LogP contribution in [0.15, 0.2) is 12.2 Å². The van der Waals surface area contributed by atoms with Crippen molar-refractivity contribution in [3.8, 4) is 0 Å². The quantitative estimate of drug-likeness (QED) is 0.532. The summed E-state index contributed by atoms with van der Waals surface area (Å²) in [4.78, 5) is 22.0. The molecule has 8 heteroatoms. The minimum Gasteiger partial charge on any atom is -0.478 e. The third-order valence-corrected chi connectivity index (χ3v) is 2.75. The molecule has 0 heterocycles. The highest BCUT2D eigenvalue weighted by Crippen LogP contribution is 2.05. The smallest absolute Gasteiger partial charge is 0.328 e. The lowest BCUT2D eigenvalue weighted by atomic mass is 10.0. The van der Waals surface area contributed by atoms with Crippen molar-refractivity contribution in [3.05, 3.63) is 12.2 Å². The van der Waals surface area contributed by atoms with Crippen LogP contribution < -0.4 is 10.0 Å². The number of hydrogen-bond donors (Lipinski definition) is 3. The molecule has 0 rings (SSSR count). The highest BCUT2D eigenvalue weighted by molar-refractivity contribution is 7.88. The van der Waals surface area contributed by atoms with Crippen molar-refractivity contribution >= 4 is 21.9 Å². The van der Waals surface area contributed by atoms with Crippen molar-refractivity contribution in [2.45, 2.75) is 26.3 Å². The first kappa shape index (κ1) is 17.6. The molecule has 0 fully saturated rings. The van der Waals surface area contributed by atoms with E-state index >= 15 is 0 Å². The van der Waals surface area contributed by atoms with Gasteiger partial charge >= 0.3 is 5.97 Å². The molecule has 1 atom stereocenters. The van der Waals surface area contributed by atoms with Crippen LogP contribution in [0.1, 0.15) is 20.3 Å². The van der Waals surface area contributed by atoms with Gasteiger partial charge < -0.3 is 10.4 Å². The fraction of sp³-hybridized carbons (Fsp3) is 0.636. The Morgan fingerprint density at radius 1 is 1.32 bits per heavy atom. The molecule has 3 N–H and O–H groups in total. The number of rotatable bonds is 8. The van der Waals surface area contributed by atoms with Gasteiger partial charge in [0.1, 0.15) is 6.04 Å². The minimum absolute atomic E-state index is 0.0329. The summed E-state index contributed by atoms with van der Waals surface area (Å²) in [7, 11) is -3.48. The number of amides is 1. The maximum atomic E-state index is 11.8. The van der Waals surface area contributed by atoms with E-state index in [-0.39, 0.29) is 12.5 Å². The number of carbonyl (C=O) groups excluding carboxylic acids is 1. The number of carbonyl (C=O) groups is 2. The molecule has 0 aromatic carbocycles. The summed E-state index contributed by atoms with van der Waals surface area (Å²) in [5, 5.41) is 10.8. The van der Waals surface area contributed by atoms with Crippen LogP contribution in [0.2, 0.25) is 0 Å². The topological polar surface area (TPSA) is 113 Å². The van der Waals surface area contributed by atoms with Crippen LogP contribution in [0.5, 0.6) is 0 Å². The molecule has 0 aliphatic rings. The largest absolute Gasteiger partial charge is 0.478 e. The second-order valence-corrected chi connectivity index (χ2v) is 6.34. The molecule has 19 heavy (non-hydrogen) atoms. The first-order valence-corrected chi connectivity index (χ1v) is 7.65. The highest BCUT2D eigenvalue weighted by atomic mass is 32.2. The van der Waals surface area contributed by atoms with E-state index in [1.54, 1.807) is 0 Å². The van der Waals surface area contributed by atoms with Gasteiger partial charge in [-0.1, -0.05) is 19.9 Å². The average Bonchev–Trinajstić information content (AvgIpc) is 2.20. The van der Waals surface area contributed by atoms with Crippen molar-refractivity contribution < 1.29 is 23.1 Å². The van der Waals surface area contributed by atoms with Crippen molar-refractivity contribution in [1.82, 2.24) is 10.0 Å². The summed E-state index contributed by atoms with van der Waals surface area (Å²) in [6.07, 6.45) is 3.52. The van der Waals surface area contributed by atoms with Crippen molar-refractivity contribution in [2.75, 3.05) is 12.8 Å². The first-order chi connectivity index (χ1) is 8.61. The van der Waals surface area contributed by atoms with Gasteiger partial charge in [-0.3, -0.25) is 4.79 Å². The fourth-order valence-corrected chi connectivity index (χ4v) is 2.10. The SMILES string of the molecule is CC(C)CC(NS(C)(=O)=O)C(=O)NC/C=C/C(=O)O. The predicted octanol–water partition coefficient (Wildman–Crippen LogP) is -0.293. The lowest BCUT2D eigenvalue weighted by Gasteiger charge is -2.18. The van der Waals surface area contributed by atoms with Crippen LogP contribution in [0.3, 0.4) is 0 Å². The Labute approximate surface area is 113 Å². The highest BCUT2D eigenvalue weighted by Gasteiger charge is 2.22.